The summed E-state index contributed by atoms with van der Waals surface area (Å²) in [5.74, 6) is -0.304. The van der Waals surface area contributed by atoms with Crippen molar-refractivity contribution in [1.29, 1.82) is 0 Å². The highest BCUT2D eigenvalue weighted by atomic mass is 32.2. The molecule has 1 aromatic rings. The number of carbonyl (C=O) groups is 1. The van der Waals surface area contributed by atoms with Crippen LogP contribution in [0.15, 0.2) is 29.2 Å². The molecule has 0 spiro atoms. The Morgan fingerprint density at radius 2 is 1.74 bits per heavy atom. The Morgan fingerprint density at radius 1 is 1.10 bits per heavy atom. The van der Waals surface area contributed by atoms with Crippen molar-refractivity contribution in [2.75, 3.05) is 45.1 Å². The lowest BCUT2D eigenvalue weighted by atomic mass is 9.96. The Kier molecular flexibility index (Phi) is 7.71. The molecule has 2 fully saturated rings. The summed E-state index contributed by atoms with van der Waals surface area (Å²) in [6.45, 7) is 1.64. The zero-order valence-corrected chi connectivity index (χ0v) is 19.4. The van der Waals surface area contributed by atoms with Crippen molar-refractivity contribution in [2.45, 2.75) is 43.0 Å². The molecule has 10 nitrogen and oxygen atoms in total. The van der Waals surface area contributed by atoms with E-state index in [0.29, 0.717) is 31.9 Å². The molecule has 1 heterocycles. The lowest BCUT2D eigenvalue weighted by molar-refractivity contribution is -0.117. The molecule has 0 unspecified atom stereocenters. The summed E-state index contributed by atoms with van der Waals surface area (Å²) in [6.07, 6.45) is 5.10. The van der Waals surface area contributed by atoms with Gasteiger partial charge in [0.25, 0.3) is 10.2 Å². The number of anilines is 1. The third-order valence-electron chi connectivity index (χ3n) is 5.92. The maximum Gasteiger partial charge on any atom is 0.282 e. The lowest BCUT2D eigenvalue weighted by Crippen LogP contribution is -2.55. The summed E-state index contributed by atoms with van der Waals surface area (Å²) in [5, 5.41) is 7.78. The summed E-state index contributed by atoms with van der Waals surface area (Å²) >= 11 is 0. The van der Waals surface area contributed by atoms with Crippen LogP contribution in [0.5, 0.6) is 0 Å². The van der Waals surface area contributed by atoms with Crippen LogP contribution in [-0.2, 0) is 25.0 Å². The van der Waals surface area contributed by atoms with Gasteiger partial charge in [-0.3, -0.25) is 9.69 Å². The average molecular weight is 474 g/mol. The summed E-state index contributed by atoms with van der Waals surface area (Å²) < 4.78 is 51.8. The van der Waals surface area contributed by atoms with Crippen LogP contribution in [0.1, 0.15) is 32.1 Å². The van der Waals surface area contributed by atoms with Crippen molar-refractivity contribution in [3.05, 3.63) is 24.3 Å². The Hall–Kier alpha value is -1.57. The van der Waals surface area contributed by atoms with Crippen molar-refractivity contribution >= 4 is 31.8 Å². The van der Waals surface area contributed by atoms with E-state index in [2.05, 4.69) is 5.32 Å². The SMILES string of the molecule is CN(C1CCCCC1)S(=O)(=O)N1CCN(CC(=O)Nc2cccc(S(N)(=O)=O)c2)CC1. The van der Waals surface area contributed by atoms with Gasteiger partial charge in [-0.05, 0) is 31.0 Å². The number of amides is 1. The number of sulfonamides is 1. The Labute approximate surface area is 184 Å². The van der Waals surface area contributed by atoms with Gasteiger partial charge in [-0.1, -0.05) is 25.3 Å². The van der Waals surface area contributed by atoms with E-state index in [1.807, 2.05) is 4.90 Å². The Morgan fingerprint density at radius 3 is 2.35 bits per heavy atom. The second-order valence-electron chi connectivity index (χ2n) is 8.11. The molecular formula is C19H31N5O5S2. The number of rotatable bonds is 7. The molecule has 1 amide bonds. The van der Waals surface area contributed by atoms with Gasteiger partial charge in [0, 0.05) is 45.0 Å². The van der Waals surface area contributed by atoms with E-state index < -0.39 is 20.2 Å². The standard InChI is InChI=1S/C19H31N5O5S2/c1-22(17-7-3-2-4-8-17)31(28,29)24-12-10-23(11-13-24)15-19(25)21-16-6-5-9-18(14-16)30(20,26)27/h5-6,9,14,17H,2-4,7-8,10-13,15H2,1H3,(H,21,25)(H2,20,26,27). The second kappa shape index (κ2) is 9.92. The molecule has 3 rings (SSSR count). The van der Waals surface area contributed by atoms with Gasteiger partial charge >= 0.3 is 0 Å². The zero-order chi connectivity index (χ0) is 22.6. The van der Waals surface area contributed by atoms with Crippen LogP contribution in [0.3, 0.4) is 0 Å². The van der Waals surface area contributed by atoms with Crippen molar-refractivity contribution in [1.82, 2.24) is 13.5 Å². The molecule has 174 valence electrons. The van der Waals surface area contributed by atoms with Crippen LogP contribution >= 0.6 is 0 Å². The van der Waals surface area contributed by atoms with Crippen molar-refractivity contribution in [3.8, 4) is 0 Å². The van der Waals surface area contributed by atoms with Crippen LogP contribution in [-0.4, -0.2) is 82.1 Å². The van der Waals surface area contributed by atoms with Gasteiger partial charge in [0.1, 0.15) is 0 Å². The van der Waals surface area contributed by atoms with Crippen molar-refractivity contribution in [3.63, 3.8) is 0 Å². The third-order valence-corrected chi connectivity index (χ3v) is 8.88. The minimum atomic E-state index is -3.85. The van der Waals surface area contributed by atoms with Gasteiger partial charge in [0.05, 0.1) is 11.4 Å². The number of nitrogens with zero attached hydrogens (tertiary/aromatic N) is 3. The van der Waals surface area contributed by atoms with E-state index in [1.54, 1.807) is 13.1 Å². The number of nitrogens with two attached hydrogens (primary N) is 1. The first-order valence-electron chi connectivity index (χ1n) is 10.5. The van der Waals surface area contributed by atoms with Gasteiger partial charge in [0.15, 0.2) is 0 Å². The van der Waals surface area contributed by atoms with Gasteiger partial charge in [-0.2, -0.15) is 17.0 Å². The molecule has 0 radical (unpaired) electrons. The van der Waals surface area contributed by atoms with E-state index >= 15 is 0 Å². The summed E-state index contributed by atoms with van der Waals surface area (Å²) in [7, 11) is -5.69. The number of carbonyl (C=O) groups excluding carboxylic acids is 1. The van der Waals surface area contributed by atoms with E-state index in [9.17, 15) is 21.6 Å². The van der Waals surface area contributed by atoms with Crippen LogP contribution in [0, 0.1) is 0 Å². The zero-order valence-electron chi connectivity index (χ0n) is 17.7. The summed E-state index contributed by atoms with van der Waals surface area (Å²) in [5.41, 5.74) is 0.340. The number of hydrogen-bond acceptors (Lipinski definition) is 6. The Bertz CT molecular complexity index is 985. The molecule has 0 atom stereocenters. The fraction of sp³-hybridized carbons (Fsp3) is 0.632. The topological polar surface area (TPSA) is 133 Å². The second-order valence-corrected chi connectivity index (χ2v) is 11.7. The van der Waals surface area contributed by atoms with Crippen molar-refractivity contribution in [2.24, 2.45) is 5.14 Å². The molecule has 2 aliphatic rings. The number of nitrogens with one attached hydrogen (secondary N) is 1. The molecule has 1 aliphatic heterocycles. The monoisotopic (exact) mass is 473 g/mol. The molecular weight excluding hydrogens is 442 g/mol. The summed E-state index contributed by atoms with van der Waals surface area (Å²) in [4.78, 5) is 14.2. The number of benzene rings is 1. The fourth-order valence-corrected chi connectivity index (χ4v) is 6.22. The summed E-state index contributed by atoms with van der Waals surface area (Å²) in [6, 6.07) is 5.81. The molecule has 0 aromatic heterocycles. The van der Waals surface area contributed by atoms with Crippen LogP contribution in [0.2, 0.25) is 0 Å². The van der Waals surface area contributed by atoms with E-state index in [0.717, 1.165) is 32.1 Å². The molecule has 31 heavy (non-hydrogen) atoms. The predicted molar refractivity (Wildman–Crippen MR) is 118 cm³/mol. The minimum Gasteiger partial charge on any atom is -0.325 e. The number of primary sulfonamides is 1. The van der Waals surface area contributed by atoms with Crippen molar-refractivity contribution < 1.29 is 21.6 Å². The molecule has 1 saturated heterocycles. The first-order chi connectivity index (χ1) is 14.6. The maximum atomic E-state index is 13.0. The fourth-order valence-electron chi connectivity index (χ4n) is 4.09. The minimum absolute atomic E-state index is 0.0654. The number of hydrogen-bond donors (Lipinski definition) is 2. The third kappa shape index (κ3) is 6.24. The molecule has 1 saturated carbocycles. The number of piperazine rings is 1. The maximum absolute atomic E-state index is 13.0. The molecule has 1 aromatic carbocycles. The smallest absolute Gasteiger partial charge is 0.282 e. The lowest BCUT2D eigenvalue weighted by Gasteiger charge is -2.38. The Balaban J connectivity index is 1.51. The normalized spacial score (nSPS) is 20.1. The quantitative estimate of drug-likeness (QED) is 0.589. The molecule has 1 aliphatic carbocycles. The largest absolute Gasteiger partial charge is 0.325 e. The highest BCUT2D eigenvalue weighted by Crippen LogP contribution is 2.25. The first-order valence-corrected chi connectivity index (χ1v) is 13.4. The van der Waals surface area contributed by atoms with E-state index in [1.165, 1.54) is 26.8 Å². The van der Waals surface area contributed by atoms with Crippen LogP contribution in [0.4, 0.5) is 5.69 Å². The van der Waals surface area contributed by atoms with E-state index in [4.69, 9.17) is 5.14 Å². The van der Waals surface area contributed by atoms with Gasteiger partial charge in [-0.15, -0.1) is 0 Å². The molecule has 0 bridgehead atoms. The first kappa shape index (κ1) is 24.1. The molecule has 12 heteroatoms. The van der Waals surface area contributed by atoms with E-state index in [-0.39, 0.29) is 23.4 Å². The average Bonchev–Trinajstić information content (AvgIpc) is 2.73. The highest BCUT2D eigenvalue weighted by molar-refractivity contribution is 7.89. The van der Waals surface area contributed by atoms with Gasteiger partial charge < -0.3 is 5.32 Å². The van der Waals surface area contributed by atoms with Gasteiger partial charge in [-0.25, -0.2) is 13.6 Å². The molecule has 3 N–H and O–H groups in total. The van der Waals surface area contributed by atoms with Crippen LogP contribution < -0.4 is 10.5 Å². The highest BCUT2D eigenvalue weighted by Gasteiger charge is 2.34. The van der Waals surface area contributed by atoms with Crippen LogP contribution in [0.25, 0.3) is 0 Å². The van der Waals surface area contributed by atoms with Gasteiger partial charge in [0.2, 0.25) is 15.9 Å². The predicted octanol–water partition coefficient (Wildman–Crippen LogP) is 0.399.